The fourth-order valence-electron chi connectivity index (χ4n) is 4.58. The molecule has 1 atom stereocenters. The maximum absolute atomic E-state index is 12.0. The number of hydrogen-bond donors (Lipinski definition) is 2. The van der Waals surface area contributed by atoms with Gasteiger partial charge in [-0.3, -0.25) is 10.1 Å². The van der Waals surface area contributed by atoms with Crippen LogP contribution in [0, 0.1) is 10.8 Å². The molecule has 116 valence electrons. The molecule has 0 spiro atoms. The molecule has 4 nitrogen and oxygen atoms in total. The summed E-state index contributed by atoms with van der Waals surface area (Å²) in [6.45, 7) is 10.2. The van der Waals surface area contributed by atoms with Gasteiger partial charge in [0, 0.05) is 13.2 Å². The smallest absolute Gasteiger partial charge is 0.323 e. The molecule has 1 saturated heterocycles. The van der Waals surface area contributed by atoms with Crippen LogP contribution in [0.3, 0.4) is 0 Å². The van der Waals surface area contributed by atoms with E-state index in [9.17, 15) is 9.90 Å². The summed E-state index contributed by atoms with van der Waals surface area (Å²) < 4.78 is 5.62. The summed E-state index contributed by atoms with van der Waals surface area (Å²) in [4.78, 5) is 12.0. The van der Waals surface area contributed by atoms with Gasteiger partial charge in [-0.25, -0.2) is 0 Å². The largest absolute Gasteiger partial charge is 0.480 e. The molecule has 1 aliphatic carbocycles. The van der Waals surface area contributed by atoms with Crippen molar-refractivity contribution >= 4 is 5.97 Å². The first-order valence-corrected chi connectivity index (χ1v) is 7.74. The van der Waals surface area contributed by atoms with Gasteiger partial charge in [0.15, 0.2) is 0 Å². The maximum Gasteiger partial charge on any atom is 0.323 e. The van der Waals surface area contributed by atoms with E-state index in [1.165, 1.54) is 0 Å². The van der Waals surface area contributed by atoms with Gasteiger partial charge in [-0.2, -0.15) is 0 Å². The first kappa shape index (κ1) is 15.8. The lowest BCUT2D eigenvalue weighted by molar-refractivity contribution is -0.151. The van der Waals surface area contributed by atoms with E-state index in [1.807, 2.05) is 0 Å². The normalized spacial score (nSPS) is 31.1. The van der Waals surface area contributed by atoms with Gasteiger partial charge in [0.25, 0.3) is 0 Å². The zero-order valence-electron chi connectivity index (χ0n) is 13.3. The number of nitrogens with one attached hydrogen (secondary N) is 1. The summed E-state index contributed by atoms with van der Waals surface area (Å²) in [6, 6.07) is 0. The fraction of sp³-hybridized carbons (Fsp3) is 0.938. The molecule has 2 aliphatic rings. The first-order valence-electron chi connectivity index (χ1n) is 7.74. The minimum atomic E-state index is -0.808. The zero-order chi connectivity index (χ0) is 15.0. The number of carboxylic acids is 1. The molecule has 0 aromatic carbocycles. The molecule has 20 heavy (non-hydrogen) atoms. The topological polar surface area (TPSA) is 58.6 Å². The monoisotopic (exact) mass is 283 g/mol. The van der Waals surface area contributed by atoms with E-state index in [2.05, 4.69) is 33.0 Å². The van der Waals surface area contributed by atoms with E-state index < -0.39 is 11.5 Å². The van der Waals surface area contributed by atoms with Crippen LogP contribution in [0.15, 0.2) is 0 Å². The Morgan fingerprint density at radius 2 is 1.80 bits per heavy atom. The highest BCUT2D eigenvalue weighted by Crippen LogP contribution is 2.50. The van der Waals surface area contributed by atoms with E-state index in [0.717, 1.165) is 25.9 Å². The van der Waals surface area contributed by atoms with Gasteiger partial charge in [-0.15, -0.1) is 0 Å². The predicted octanol–water partition coefficient (Wildman–Crippen LogP) is 2.81. The highest BCUT2D eigenvalue weighted by Gasteiger charge is 2.51. The van der Waals surface area contributed by atoms with Crippen LogP contribution in [0.4, 0.5) is 0 Å². The van der Waals surface area contributed by atoms with Crippen LogP contribution in [0.2, 0.25) is 0 Å². The Morgan fingerprint density at radius 1 is 1.20 bits per heavy atom. The van der Waals surface area contributed by atoms with E-state index in [0.29, 0.717) is 19.4 Å². The average molecular weight is 283 g/mol. The second-order valence-electron chi connectivity index (χ2n) is 8.26. The second-order valence-corrected chi connectivity index (χ2v) is 8.26. The molecule has 2 rings (SSSR count). The van der Waals surface area contributed by atoms with Crippen molar-refractivity contribution in [3.8, 4) is 0 Å². The van der Waals surface area contributed by atoms with Crippen molar-refractivity contribution in [1.82, 2.24) is 5.32 Å². The number of carboxylic acid groups (broad SMARTS) is 1. The van der Waals surface area contributed by atoms with Crippen LogP contribution in [-0.2, 0) is 9.53 Å². The molecule has 1 aliphatic heterocycles. The maximum atomic E-state index is 12.0. The van der Waals surface area contributed by atoms with Crippen molar-refractivity contribution in [2.75, 3.05) is 13.2 Å². The van der Waals surface area contributed by atoms with Gasteiger partial charge in [-0.05, 0) is 42.9 Å². The Morgan fingerprint density at radius 3 is 2.25 bits per heavy atom. The highest BCUT2D eigenvalue weighted by atomic mass is 16.5. The molecule has 1 unspecified atom stereocenters. The van der Waals surface area contributed by atoms with Crippen molar-refractivity contribution in [3.05, 3.63) is 0 Å². The Bertz CT molecular complexity index is 354. The molecule has 4 heteroatoms. The minimum Gasteiger partial charge on any atom is -0.480 e. The Hall–Kier alpha value is -0.610. The van der Waals surface area contributed by atoms with Gasteiger partial charge < -0.3 is 9.84 Å². The van der Waals surface area contributed by atoms with E-state index in [1.54, 1.807) is 0 Å². The second kappa shape index (κ2) is 5.30. The van der Waals surface area contributed by atoms with Crippen LogP contribution < -0.4 is 5.32 Å². The molecule has 1 heterocycles. The lowest BCUT2D eigenvalue weighted by Crippen LogP contribution is -2.61. The van der Waals surface area contributed by atoms with Gasteiger partial charge in [0.1, 0.15) is 5.54 Å². The molecule has 0 bridgehead atoms. The Kier molecular flexibility index (Phi) is 4.18. The molecule has 0 aromatic heterocycles. The first-order chi connectivity index (χ1) is 9.14. The SMILES string of the molecule is CC1(C)CC(C)(C)CC(NCC2CCCO2)(C(=O)O)C1. The number of rotatable bonds is 4. The van der Waals surface area contributed by atoms with Crippen LogP contribution in [0.1, 0.15) is 59.8 Å². The van der Waals surface area contributed by atoms with E-state index in [-0.39, 0.29) is 16.9 Å². The summed E-state index contributed by atoms with van der Waals surface area (Å²) in [5.41, 5.74) is -0.718. The molecule has 2 fully saturated rings. The molecule has 0 aromatic rings. The molecular formula is C16H29NO3. The third-order valence-corrected chi connectivity index (χ3v) is 4.62. The third kappa shape index (κ3) is 3.53. The average Bonchev–Trinajstić information content (AvgIpc) is 2.74. The molecule has 2 N–H and O–H groups in total. The van der Waals surface area contributed by atoms with E-state index in [4.69, 9.17) is 4.74 Å². The summed E-state index contributed by atoms with van der Waals surface area (Å²) in [7, 11) is 0. The molecule has 0 amide bonds. The molecule has 1 saturated carbocycles. The van der Waals surface area contributed by atoms with Crippen molar-refractivity contribution < 1.29 is 14.6 Å². The number of aliphatic carboxylic acids is 1. The van der Waals surface area contributed by atoms with Crippen LogP contribution >= 0.6 is 0 Å². The zero-order valence-corrected chi connectivity index (χ0v) is 13.3. The molecular weight excluding hydrogens is 254 g/mol. The van der Waals surface area contributed by atoms with Crippen molar-refractivity contribution in [1.29, 1.82) is 0 Å². The quantitative estimate of drug-likeness (QED) is 0.833. The summed E-state index contributed by atoms with van der Waals surface area (Å²) >= 11 is 0. The summed E-state index contributed by atoms with van der Waals surface area (Å²) in [5.74, 6) is -0.712. The third-order valence-electron chi connectivity index (χ3n) is 4.62. The van der Waals surface area contributed by atoms with E-state index >= 15 is 0 Å². The highest BCUT2D eigenvalue weighted by molar-refractivity contribution is 5.79. The van der Waals surface area contributed by atoms with Crippen molar-refractivity contribution in [3.63, 3.8) is 0 Å². The Labute approximate surface area is 122 Å². The predicted molar refractivity (Wildman–Crippen MR) is 78.8 cm³/mol. The van der Waals surface area contributed by atoms with Crippen LogP contribution in [0.25, 0.3) is 0 Å². The minimum absolute atomic E-state index is 0.0453. The number of ether oxygens (including phenoxy) is 1. The van der Waals surface area contributed by atoms with Gasteiger partial charge in [0.2, 0.25) is 0 Å². The van der Waals surface area contributed by atoms with Crippen molar-refractivity contribution in [2.24, 2.45) is 10.8 Å². The Balaban J connectivity index is 2.13. The summed E-state index contributed by atoms with van der Waals surface area (Å²) in [6.07, 6.45) is 4.74. The number of hydrogen-bond acceptors (Lipinski definition) is 3. The van der Waals surface area contributed by atoms with Crippen LogP contribution in [0.5, 0.6) is 0 Å². The summed E-state index contributed by atoms with van der Waals surface area (Å²) in [5, 5.41) is 13.2. The van der Waals surface area contributed by atoms with Crippen LogP contribution in [-0.4, -0.2) is 35.9 Å². The van der Waals surface area contributed by atoms with Gasteiger partial charge in [0.05, 0.1) is 6.10 Å². The standard InChI is InChI=1S/C16H29NO3/c1-14(2)9-15(3,4)11-16(10-14,13(18)19)17-8-12-6-5-7-20-12/h12,17H,5-11H2,1-4H3,(H,18,19). The lowest BCUT2D eigenvalue weighted by atomic mass is 9.58. The van der Waals surface area contributed by atoms with Gasteiger partial charge >= 0.3 is 5.97 Å². The number of carbonyl (C=O) groups is 1. The van der Waals surface area contributed by atoms with Crippen molar-refractivity contribution in [2.45, 2.75) is 71.4 Å². The van der Waals surface area contributed by atoms with Gasteiger partial charge in [-0.1, -0.05) is 27.7 Å². The fourth-order valence-corrected chi connectivity index (χ4v) is 4.58. The lowest BCUT2D eigenvalue weighted by Gasteiger charge is -2.50. The molecule has 0 radical (unpaired) electrons.